The van der Waals surface area contributed by atoms with Crippen LogP contribution in [0, 0.1) is 11.3 Å². The van der Waals surface area contributed by atoms with Crippen molar-refractivity contribution in [3.63, 3.8) is 0 Å². The molecule has 0 bridgehead atoms. The monoisotopic (exact) mass is 284 g/mol. The van der Waals surface area contributed by atoms with Gasteiger partial charge in [0, 0.05) is 37.8 Å². The number of hydrogen-bond acceptors (Lipinski definition) is 3. The SMILES string of the molecule is CCOCC(C(C)C)N1CC(C(C)(C)C)NCC1CC. The second-order valence-electron chi connectivity index (χ2n) is 7.56. The van der Waals surface area contributed by atoms with Crippen LogP contribution >= 0.6 is 0 Å². The molecule has 0 radical (unpaired) electrons. The van der Waals surface area contributed by atoms with Crippen molar-refractivity contribution in [1.29, 1.82) is 0 Å². The summed E-state index contributed by atoms with van der Waals surface area (Å²) < 4.78 is 5.76. The van der Waals surface area contributed by atoms with Crippen LogP contribution < -0.4 is 5.32 Å². The Hall–Kier alpha value is -0.120. The number of nitrogens with zero attached hydrogens (tertiary/aromatic N) is 1. The molecule has 0 amide bonds. The van der Waals surface area contributed by atoms with Crippen molar-refractivity contribution >= 4 is 0 Å². The highest BCUT2D eigenvalue weighted by atomic mass is 16.5. The third kappa shape index (κ3) is 4.71. The zero-order valence-corrected chi connectivity index (χ0v) is 14.7. The first kappa shape index (κ1) is 17.9. The molecule has 1 fully saturated rings. The maximum absolute atomic E-state index is 5.76. The molecule has 1 saturated heterocycles. The summed E-state index contributed by atoms with van der Waals surface area (Å²) in [5.74, 6) is 0.634. The maximum atomic E-state index is 5.76. The minimum absolute atomic E-state index is 0.310. The zero-order valence-electron chi connectivity index (χ0n) is 14.7. The summed E-state index contributed by atoms with van der Waals surface area (Å²) in [7, 11) is 0. The van der Waals surface area contributed by atoms with E-state index >= 15 is 0 Å². The van der Waals surface area contributed by atoms with Crippen LogP contribution in [-0.4, -0.2) is 49.3 Å². The van der Waals surface area contributed by atoms with Crippen molar-refractivity contribution in [2.45, 2.75) is 73.0 Å². The van der Waals surface area contributed by atoms with E-state index in [1.165, 1.54) is 6.42 Å². The summed E-state index contributed by atoms with van der Waals surface area (Å²) >= 11 is 0. The molecule has 3 unspecified atom stereocenters. The first-order chi connectivity index (χ1) is 9.31. The van der Waals surface area contributed by atoms with E-state index in [2.05, 4.69) is 58.7 Å². The third-order valence-electron chi connectivity index (χ3n) is 4.67. The maximum Gasteiger partial charge on any atom is 0.0624 e. The molecule has 120 valence electrons. The molecule has 1 aliphatic heterocycles. The van der Waals surface area contributed by atoms with E-state index in [1.807, 2.05) is 0 Å². The van der Waals surface area contributed by atoms with Gasteiger partial charge in [0.2, 0.25) is 0 Å². The highest BCUT2D eigenvalue weighted by molar-refractivity contribution is 4.94. The zero-order chi connectivity index (χ0) is 15.3. The van der Waals surface area contributed by atoms with Gasteiger partial charge in [-0.15, -0.1) is 0 Å². The molecule has 1 aliphatic rings. The van der Waals surface area contributed by atoms with Crippen molar-refractivity contribution in [3.8, 4) is 0 Å². The molecule has 3 heteroatoms. The Morgan fingerprint density at radius 2 is 1.90 bits per heavy atom. The molecular formula is C17H36N2O. The predicted molar refractivity (Wildman–Crippen MR) is 87.1 cm³/mol. The lowest BCUT2D eigenvalue weighted by molar-refractivity contribution is -0.0129. The van der Waals surface area contributed by atoms with Crippen LogP contribution in [-0.2, 0) is 4.74 Å². The number of rotatable bonds is 6. The van der Waals surface area contributed by atoms with Crippen molar-refractivity contribution in [1.82, 2.24) is 10.2 Å². The summed E-state index contributed by atoms with van der Waals surface area (Å²) in [4.78, 5) is 2.72. The number of hydrogen-bond donors (Lipinski definition) is 1. The third-order valence-corrected chi connectivity index (χ3v) is 4.67. The van der Waals surface area contributed by atoms with Gasteiger partial charge in [0.05, 0.1) is 6.61 Å². The van der Waals surface area contributed by atoms with Gasteiger partial charge in [0.15, 0.2) is 0 Å². The summed E-state index contributed by atoms with van der Waals surface area (Å²) in [6.45, 7) is 20.0. The fourth-order valence-corrected chi connectivity index (χ4v) is 3.09. The summed E-state index contributed by atoms with van der Waals surface area (Å²) in [5.41, 5.74) is 0.310. The summed E-state index contributed by atoms with van der Waals surface area (Å²) in [5, 5.41) is 3.76. The van der Waals surface area contributed by atoms with Gasteiger partial charge in [-0.2, -0.15) is 0 Å². The van der Waals surface area contributed by atoms with E-state index in [-0.39, 0.29) is 0 Å². The predicted octanol–water partition coefficient (Wildman–Crippen LogP) is 3.15. The van der Waals surface area contributed by atoms with Crippen molar-refractivity contribution < 1.29 is 4.74 Å². The Bertz CT molecular complexity index is 273. The first-order valence-corrected chi connectivity index (χ1v) is 8.38. The van der Waals surface area contributed by atoms with Crippen LogP contribution in [0.4, 0.5) is 0 Å². The Balaban J connectivity index is 2.82. The Kier molecular flexibility index (Phi) is 6.96. The van der Waals surface area contributed by atoms with E-state index in [9.17, 15) is 0 Å². The van der Waals surface area contributed by atoms with Crippen LogP contribution in [0.5, 0.6) is 0 Å². The lowest BCUT2D eigenvalue weighted by atomic mass is 9.83. The van der Waals surface area contributed by atoms with Crippen LogP contribution in [0.15, 0.2) is 0 Å². The van der Waals surface area contributed by atoms with Gasteiger partial charge < -0.3 is 10.1 Å². The topological polar surface area (TPSA) is 24.5 Å². The molecule has 3 nitrogen and oxygen atoms in total. The van der Waals surface area contributed by atoms with E-state index in [0.717, 1.165) is 26.3 Å². The van der Waals surface area contributed by atoms with Crippen molar-refractivity contribution in [3.05, 3.63) is 0 Å². The molecule has 0 aromatic heterocycles. The number of nitrogens with one attached hydrogen (secondary N) is 1. The molecule has 0 saturated carbocycles. The molecular weight excluding hydrogens is 248 g/mol. The van der Waals surface area contributed by atoms with Gasteiger partial charge in [-0.3, -0.25) is 4.90 Å². The van der Waals surface area contributed by atoms with Crippen molar-refractivity contribution in [2.75, 3.05) is 26.3 Å². The molecule has 0 aliphatic carbocycles. The summed E-state index contributed by atoms with van der Waals surface area (Å²) in [6, 6.07) is 1.74. The highest BCUT2D eigenvalue weighted by Crippen LogP contribution is 2.27. The smallest absolute Gasteiger partial charge is 0.0624 e. The van der Waals surface area contributed by atoms with Gasteiger partial charge in [0.25, 0.3) is 0 Å². The molecule has 0 spiro atoms. The fourth-order valence-electron chi connectivity index (χ4n) is 3.09. The van der Waals surface area contributed by atoms with E-state index in [4.69, 9.17) is 4.74 Å². The molecule has 20 heavy (non-hydrogen) atoms. The molecule has 1 rings (SSSR count). The quantitative estimate of drug-likeness (QED) is 0.811. The Morgan fingerprint density at radius 3 is 2.35 bits per heavy atom. The van der Waals surface area contributed by atoms with Gasteiger partial charge >= 0.3 is 0 Å². The van der Waals surface area contributed by atoms with Crippen LogP contribution in [0.25, 0.3) is 0 Å². The second-order valence-corrected chi connectivity index (χ2v) is 7.56. The highest BCUT2D eigenvalue weighted by Gasteiger charge is 2.37. The normalized spacial score (nSPS) is 27.0. The lowest BCUT2D eigenvalue weighted by Gasteiger charge is -2.49. The average molecular weight is 284 g/mol. The van der Waals surface area contributed by atoms with E-state index in [1.54, 1.807) is 0 Å². The summed E-state index contributed by atoms with van der Waals surface area (Å²) in [6.07, 6.45) is 1.21. The van der Waals surface area contributed by atoms with Crippen LogP contribution in [0.2, 0.25) is 0 Å². The molecule has 3 atom stereocenters. The second kappa shape index (κ2) is 7.77. The molecule has 0 aromatic carbocycles. The van der Waals surface area contributed by atoms with Crippen LogP contribution in [0.3, 0.4) is 0 Å². The minimum atomic E-state index is 0.310. The van der Waals surface area contributed by atoms with Gasteiger partial charge in [-0.25, -0.2) is 0 Å². The van der Waals surface area contributed by atoms with E-state index in [0.29, 0.717) is 29.5 Å². The standard InChI is InChI=1S/C17H36N2O/c1-8-14-10-18-16(17(5,6)7)11-19(14)15(13(3)4)12-20-9-2/h13-16,18H,8-12H2,1-7H3. The Labute approximate surface area is 126 Å². The van der Waals surface area contributed by atoms with Crippen molar-refractivity contribution in [2.24, 2.45) is 11.3 Å². The minimum Gasteiger partial charge on any atom is -0.380 e. The lowest BCUT2D eigenvalue weighted by Crippen LogP contribution is -2.64. The largest absolute Gasteiger partial charge is 0.380 e. The molecule has 1 heterocycles. The fraction of sp³-hybridized carbons (Fsp3) is 1.00. The molecule has 1 N–H and O–H groups in total. The average Bonchev–Trinajstić information content (AvgIpc) is 2.37. The van der Waals surface area contributed by atoms with Gasteiger partial charge in [-0.1, -0.05) is 41.5 Å². The first-order valence-electron chi connectivity index (χ1n) is 8.38. The van der Waals surface area contributed by atoms with Crippen LogP contribution in [0.1, 0.15) is 54.9 Å². The Morgan fingerprint density at radius 1 is 1.25 bits per heavy atom. The number of piperazine rings is 1. The van der Waals surface area contributed by atoms with Gasteiger partial charge in [0.1, 0.15) is 0 Å². The number of ether oxygens (including phenoxy) is 1. The van der Waals surface area contributed by atoms with E-state index < -0.39 is 0 Å². The molecule has 0 aromatic rings. The van der Waals surface area contributed by atoms with Gasteiger partial charge in [-0.05, 0) is 24.7 Å².